The molecule has 3 rings (SSSR count). The minimum absolute atomic E-state index is 0.128. The molecule has 0 aromatic rings. The maximum atomic E-state index is 10.6. The van der Waals surface area contributed by atoms with Crippen molar-refractivity contribution in [3.05, 3.63) is 0 Å². The summed E-state index contributed by atoms with van der Waals surface area (Å²) in [7, 11) is 0. The first-order valence-corrected chi connectivity index (χ1v) is 7.50. The summed E-state index contributed by atoms with van der Waals surface area (Å²) in [6.07, 6.45) is 4.09. The third-order valence-corrected chi connectivity index (χ3v) is 5.01. The van der Waals surface area contributed by atoms with Crippen LogP contribution in [0.15, 0.2) is 4.99 Å². The Morgan fingerprint density at radius 3 is 2.89 bits per heavy atom. The van der Waals surface area contributed by atoms with Gasteiger partial charge in [0, 0.05) is 37.1 Å². The van der Waals surface area contributed by atoms with Gasteiger partial charge in [-0.05, 0) is 32.6 Å². The lowest BCUT2D eigenvalue weighted by Crippen LogP contribution is -2.44. The molecule has 5 nitrogen and oxygen atoms in total. The zero-order valence-corrected chi connectivity index (χ0v) is 11.7. The highest BCUT2D eigenvalue weighted by atomic mass is 16.5. The topological polar surface area (TPSA) is 65.9 Å². The van der Waals surface area contributed by atoms with E-state index in [-0.39, 0.29) is 11.5 Å². The van der Waals surface area contributed by atoms with Gasteiger partial charge in [-0.2, -0.15) is 0 Å². The molecule has 0 aromatic carbocycles. The molecule has 3 unspecified atom stereocenters. The predicted octanol–water partition coefficient (Wildman–Crippen LogP) is 0.491. The van der Waals surface area contributed by atoms with Crippen molar-refractivity contribution in [2.24, 2.45) is 16.3 Å². The van der Waals surface area contributed by atoms with Crippen LogP contribution in [0, 0.1) is 11.3 Å². The second-order valence-electron chi connectivity index (χ2n) is 6.33. The Kier molecular flexibility index (Phi) is 3.67. The molecule has 1 saturated carbocycles. The van der Waals surface area contributed by atoms with Crippen molar-refractivity contribution in [1.82, 2.24) is 10.6 Å². The summed E-state index contributed by atoms with van der Waals surface area (Å²) in [6.45, 7) is 5.41. The van der Waals surface area contributed by atoms with Gasteiger partial charge < -0.3 is 20.5 Å². The van der Waals surface area contributed by atoms with Gasteiger partial charge in [0.25, 0.3) is 0 Å². The van der Waals surface area contributed by atoms with Crippen LogP contribution in [0.2, 0.25) is 0 Å². The lowest BCUT2D eigenvalue weighted by Gasteiger charge is -2.37. The molecule has 108 valence electrons. The maximum absolute atomic E-state index is 10.6. The zero-order valence-electron chi connectivity index (χ0n) is 11.7. The number of aliphatic imine (C=N–C) groups is 1. The van der Waals surface area contributed by atoms with Gasteiger partial charge in [-0.1, -0.05) is 0 Å². The van der Waals surface area contributed by atoms with Crippen molar-refractivity contribution >= 4 is 5.96 Å². The minimum Gasteiger partial charge on any atom is -0.392 e. The van der Waals surface area contributed by atoms with E-state index in [1.807, 2.05) is 0 Å². The molecular weight excluding hydrogens is 242 g/mol. The van der Waals surface area contributed by atoms with Crippen LogP contribution >= 0.6 is 0 Å². The van der Waals surface area contributed by atoms with Crippen LogP contribution in [-0.2, 0) is 4.74 Å². The third-order valence-electron chi connectivity index (χ3n) is 5.01. The van der Waals surface area contributed by atoms with E-state index in [1.54, 1.807) is 0 Å². The molecule has 2 aliphatic heterocycles. The lowest BCUT2D eigenvalue weighted by atomic mass is 9.76. The summed E-state index contributed by atoms with van der Waals surface area (Å²) in [4.78, 5) is 4.40. The fourth-order valence-corrected chi connectivity index (χ4v) is 3.70. The lowest BCUT2D eigenvalue weighted by molar-refractivity contribution is -0.0553. The molecule has 5 heteroatoms. The van der Waals surface area contributed by atoms with Gasteiger partial charge in [0.15, 0.2) is 5.96 Å². The summed E-state index contributed by atoms with van der Waals surface area (Å²) >= 11 is 0. The van der Waals surface area contributed by atoms with E-state index in [1.165, 1.54) is 0 Å². The van der Waals surface area contributed by atoms with E-state index < -0.39 is 0 Å². The molecule has 3 aliphatic rings. The SMILES string of the molecule is CC1CN=C(NCC2CCC3(CCOCC3)C2O)N1. The van der Waals surface area contributed by atoms with Crippen molar-refractivity contribution in [1.29, 1.82) is 0 Å². The molecule has 19 heavy (non-hydrogen) atoms. The van der Waals surface area contributed by atoms with Crippen molar-refractivity contribution in [3.8, 4) is 0 Å². The van der Waals surface area contributed by atoms with Gasteiger partial charge >= 0.3 is 0 Å². The van der Waals surface area contributed by atoms with Crippen LogP contribution in [0.3, 0.4) is 0 Å². The molecule has 0 aromatic heterocycles. The molecule has 0 bridgehead atoms. The second kappa shape index (κ2) is 5.29. The smallest absolute Gasteiger partial charge is 0.191 e. The van der Waals surface area contributed by atoms with Crippen LogP contribution in [0.25, 0.3) is 0 Å². The second-order valence-corrected chi connectivity index (χ2v) is 6.33. The van der Waals surface area contributed by atoms with Crippen LogP contribution in [-0.4, -0.2) is 49.5 Å². The summed E-state index contributed by atoms with van der Waals surface area (Å²) in [5, 5.41) is 17.3. The number of aliphatic hydroxyl groups is 1. The number of ether oxygens (including phenoxy) is 1. The normalized spacial score (nSPS) is 37.2. The van der Waals surface area contributed by atoms with E-state index >= 15 is 0 Å². The van der Waals surface area contributed by atoms with Crippen molar-refractivity contribution in [3.63, 3.8) is 0 Å². The van der Waals surface area contributed by atoms with Gasteiger partial charge in [0.05, 0.1) is 12.6 Å². The van der Waals surface area contributed by atoms with Crippen LogP contribution in [0.1, 0.15) is 32.6 Å². The molecule has 0 radical (unpaired) electrons. The molecule has 1 saturated heterocycles. The molecule has 1 spiro atoms. The molecule has 3 N–H and O–H groups in total. The van der Waals surface area contributed by atoms with E-state index in [0.717, 1.165) is 57.9 Å². The number of aliphatic hydroxyl groups excluding tert-OH is 1. The standard InChI is InChI=1S/C14H25N3O2/c1-10-8-15-13(17-10)16-9-11-2-3-14(12(11)18)4-6-19-7-5-14/h10-12,18H,2-9H2,1H3,(H2,15,16,17). The Hall–Kier alpha value is -0.810. The number of hydrogen-bond acceptors (Lipinski definition) is 5. The molecule has 0 amide bonds. The highest BCUT2D eigenvalue weighted by Gasteiger charge is 2.48. The molecular formula is C14H25N3O2. The molecule has 2 heterocycles. The summed E-state index contributed by atoms with van der Waals surface area (Å²) in [6, 6.07) is 0.429. The van der Waals surface area contributed by atoms with E-state index in [2.05, 4.69) is 22.5 Å². The highest BCUT2D eigenvalue weighted by molar-refractivity contribution is 5.81. The monoisotopic (exact) mass is 267 g/mol. The summed E-state index contributed by atoms with van der Waals surface area (Å²) in [5.41, 5.74) is 0.128. The Labute approximate surface area is 114 Å². The summed E-state index contributed by atoms with van der Waals surface area (Å²) < 4.78 is 5.44. The van der Waals surface area contributed by atoms with Crippen molar-refractivity contribution < 1.29 is 9.84 Å². The van der Waals surface area contributed by atoms with Gasteiger partial charge in [-0.25, -0.2) is 0 Å². The largest absolute Gasteiger partial charge is 0.392 e. The van der Waals surface area contributed by atoms with Crippen LogP contribution < -0.4 is 10.6 Å². The average molecular weight is 267 g/mol. The Morgan fingerprint density at radius 2 is 2.21 bits per heavy atom. The van der Waals surface area contributed by atoms with E-state index in [0.29, 0.717) is 12.0 Å². The maximum Gasteiger partial charge on any atom is 0.191 e. The number of hydrogen-bond donors (Lipinski definition) is 3. The zero-order chi connectivity index (χ0) is 13.3. The Bertz CT molecular complexity index is 353. The van der Waals surface area contributed by atoms with E-state index in [9.17, 15) is 5.11 Å². The third kappa shape index (κ3) is 2.58. The van der Waals surface area contributed by atoms with Crippen LogP contribution in [0.4, 0.5) is 0 Å². The molecule has 1 aliphatic carbocycles. The first-order valence-electron chi connectivity index (χ1n) is 7.50. The molecule has 3 atom stereocenters. The predicted molar refractivity (Wildman–Crippen MR) is 74.1 cm³/mol. The quantitative estimate of drug-likeness (QED) is 0.681. The number of nitrogens with one attached hydrogen (secondary N) is 2. The Morgan fingerprint density at radius 1 is 1.42 bits per heavy atom. The fraction of sp³-hybridized carbons (Fsp3) is 0.929. The van der Waals surface area contributed by atoms with Crippen molar-refractivity contribution in [2.75, 3.05) is 26.3 Å². The minimum atomic E-state index is -0.191. The average Bonchev–Trinajstić information content (AvgIpc) is 2.96. The molecule has 2 fully saturated rings. The van der Waals surface area contributed by atoms with Gasteiger partial charge in [0.1, 0.15) is 0 Å². The van der Waals surface area contributed by atoms with Gasteiger partial charge in [-0.15, -0.1) is 0 Å². The first kappa shape index (κ1) is 13.2. The number of guanidine groups is 1. The summed E-state index contributed by atoms with van der Waals surface area (Å²) in [5.74, 6) is 1.24. The van der Waals surface area contributed by atoms with Gasteiger partial charge in [-0.3, -0.25) is 4.99 Å². The number of rotatable bonds is 2. The van der Waals surface area contributed by atoms with Gasteiger partial charge in [0.2, 0.25) is 0 Å². The number of nitrogens with zero attached hydrogens (tertiary/aromatic N) is 1. The van der Waals surface area contributed by atoms with Crippen LogP contribution in [0.5, 0.6) is 0 Å². The Balaban J connectivity index is 1.52. The van der Waals surface area contributed by atoms with E-state index in [4.69, 9.17) is 4.74 Å². The first-order chi connectivity index (χ1) is 9.20. The fourth-order valence-electron chi connectivity index (χ4n) is 3.70. The van der Waals surface area contributed by atoms with Crippen molar-refractivity contribution in [2.45, 2.75) is 44.8 Å². The highest BCUT2D eigenvalue weighted by Crippen LogP contribution is 2.48.